The number of halogens is 1. The van der Waals surface area contributed by atoms with E-state index in [4.69, 9.17) is 21.1 Å². The Bertz CT molecular complexity index is 1370. The molecule has 0 aromatic heterocycles. The lowest BCUT2D eigenvalue weighted by molar-refractivity contribution is 0.0734. The van der Waals surface area contributed by atoms with Gasteiger partial charge in [-0.1, -0.05) is 41.4 Å². The van der Waals surface area contributed by atoms with Crippen molar-refractivity contribution in [1.29, 1.82) is 0 Å². The first kappa shape index (κ1) is 24.7. The van der Waals surface area contributed by atoms with E-state index in [1.807, 2.05) is 43.3 Å². The van der Waals surface area contributed by atoms with E-state index in [1.165, 1.54) is 6.21 Å². The third-order valence-corrected chi connectivity index (χ3v) is 5.41. The maximum atomic E-state index is 12.4. The van der Waals surface area contributed by atoms with Crippen molar-refractivity contribution in [2.24, 2.45) is 5.10 Å². The summed E-state index contributed by atoms with van der Waals surface area (Å²) in [5.41, 5.74) is 6.14. The van der Waals surface area contributed by atoms with Crippen LogP contribution in [0.3, 0.4) is 0 Å². The normalized spacial score (nSPS) is 10.7. The first-order valence-corrected chi connectivity index (χ1v) is 11.5. The molecule has 0 aliphatic heterocycles. The van der Waals surface area contributed by atoms with Crippen LogP contribution in [-0.2, 0) is 6.61 Å². The van der Waals surface area contributed by atoms with Crippen LogP contribution in [0.5, 0.6) is 11.5 Å². The number of hydrogen-bond acceptors (Lipinski definition) is 5. The van der Waals surface area contributed by atoms with Crippen LogP contribution in [0.4, 0.5) is 0 Å². The predicted molar refractivity (Wildman–Crippen MR) is 140 cm³/mol. The third-order valence-electron chi connectivity index (χ3n) is 5.16. The molecule has 1 amide bonds. The summed E-state index contributed by atoms with van der Waals surface area (Å²) in [5.74, 6) is 0.294. The number of hydrazone groups is 1. The van der Waals surface area contributed by atoms with Crippen molar-refractivity contribution in [3.8, 4) is 11.5 Å². The van der Waals surface area contributed by atoms with Crippen LogP contribution < -0.4 is 14.9 Å². The van der Waals surface area contributed by atoms with Crippen LogP contribution in [-0.4, -0.2) is 18.1 Å². The second kappa shape index (κ2) is 11.8. The maximum absolute atomic E-state index is 12.4. The van der Waals surface area contributed by atoms with Crippen molar-refractivity contribution in [3.63, 3.8) is 0 Å². The highest BCUT2D eigenvalue weighted by Gasteiger charge is 2.09. The van der Waals surface area contributed by atoms with Crippen molar-refractivity contribution in [2.75, 3.05) is 0 Å². The Hall–Kier alpha value is -4.42. The topological polar surface area (TPSA) is 77.0 Å². The molecular weight excluding hydrogens is 476 g/mol. The fourth-order valence-corrected chi connectivity index (χ4v) is 3.37. The lowest BCUT2D eigenvalue weighted by Crippen LogP contribution is -2.17. The molecule has 0 fully saturated rings. The molecule has 0 aliphatic rings. The zero-order valence-corrected chi connectivity index (χ0v) is 20.2. The summed E-state index contributed by atoms with van der Waals surface area (Å²) < 4.78 is 11.1. The Labute approximate surface area is 214 Å². The van der Waals surface area contributed by atoms with E-state index in [0.29, 0.717) is 34.3 Å². The third kappa shape index (κ3) is 7.04. The molecule has 4 aromatic carbocycles. The first-order chi connectivity index (χ1) is 17.5. The van der Waals surface area contributed by atoms with E-state index in [-0.39, 0.29) is 5.91 Å². The Morgan fingerprint density at radius 3 is 2.25 bits per heavy atom. The smallest absolute Gasteiger partial charge is 0.343 e. The van der Waals surface area contributed by atoms with Crippen molar-refractivity contribution < 1.29 is 19.1 Å². The molecule has 0 spiro atoms. The van der Waals surface area contributed by atoms with Gasteiger partial charge in [-0.15, -0.1) is 0 Å². The fraction of sp³-hybridized carbons (Fsp3) is 0.0690. The molecule has 1 N–H and O–H groups in total. The molecule has 6 nitrogen and oxygen atoms in total. The number of carbonyl (C=O) groups excluding carboxylic acids is 2. The highest BCUT2D eigenvalue weighted by Crippen LogP contribution is 2.17. The average Bonchev–Trinajstić information content (AvgIpc) is 2.89. The molecule has 0 unspecified atom stereocenters. The number of amides is 1. The molecule has 4 aromatic rings. The van der Waals surface area contributed by atoms with Crippen LogP contribution in [0.1, 0.15) is 37.4 Å². The number of carbonyl (C=O) groups is 2. The summed E-state index contributed by atoms with van der Waals surface area (Å²) in [4.78, 5) is 24.6. The number of benzene rings is 4. The van der Waals surface area contributed by atoms with Gasteiger partial charge in [0.05, 0.1) is 11.8 Å². The SMILES string of the molecule is Cc1cccc(C(=O)Oc2ccc(C=NNC(=O)c3ccc(OCc4ccc(Cl)cc4)cc3)cc2)c1. The van der Waals surface area contributed by atoms with E-state index in [1.54, 1.807) is 60.7 Å². The summed E-state index contributed by atoms with van der Waals surface area (Å²) in [7, 11) is 0. The van der Waals surface area contributed by atoms with E-state index in [2.05, 4.69) is 10.5 Å². The summed E-state index contributed by atoms with van der Waals surface area (Å²) in [6, 6.07) is 28.2. The van der Waals surface area contributed by atoms with Crippen LogP contribution in [0.25, 0.3) is 0 Å². The standard InChI is InChI=1S/C29H23ClN2O4/c1-20-3-2-4-24(17-20)29(34)36-27-13-7-21(8-14-27)18-31-32-28(33)23-9-15-26(16-10-23)35-19-22-5-11-25(30)12-6-22/h2-18H,19H2,1H3,(H,32,33). The van der Waals surface area contributed by atoms with Crippen LogP contribution >= 0.6 is 11.6 Å². The number of nitrogens with one attached hydrogen (secondary N) is 1. The fourth-order valence-electron chi connectivity index (χ4n) is 3.24. The van der Waals surface area contributed by atoms with Gasteiger partial charge in [0.1, 0.15) is 18.1 Å². The van der Waals surface area contributed by atoms with Gasteiger partial charge in [-0.25, -0.2) is 10.2 Å². The highest BCUT2D eigenvalue weighted by molar-refractivity contribution is 6.30. The van der Waals surface area contributed by atoms with Gasteiger partial charge in [0, 0.05) is 10.6 Å². The Balaban J connectivity index is 1.25. The molecule has 0 bridgehead atoms. The van der Waals surface area contributed by atoms with Crippen molar-refractivity contribution in [2.45, 2.75) is 13.5 Å². The Morgan fingerprint density at radius 2 is 1.56 bits per heavy atom. The zero-order chi connectivity index (χ0) is 25.3. The Kier molecular flexibility index (Phi) is 8.11. The molecule has 0 saturated carbocycles. The van der Waals surface area contributed by atoms with E-state index in [0.717, 1.165) is 16.7 Å². The molecule has 7 heteroatoms. The minimum atomic E-state index is -0.422. The Morgan fingerprint density at radius 1 is 0.861 bits per heavy atom. The van der Waals surface area contributed by atoms with Crippen molar-refractivity contribution in [3.05, 3.63) is 130 Å². The second-order valence-electron chi connectivity index (χ2n) is 7.97. The van der Waals surface area contributed by atoms with Gasteiger partial charge in [0.2, 0.25) is 0 Å². The summed E-state index contributed by atoms with van der Waals surface area (Å²) in [6.45, 7) is 2.31. The average molecular weight is 499 g/mol. The van der Waals surface area contributed by atoms with Gasteiger partial charge in [-0.2, -0.15) is 5.10 Å². The van der Waals surface area contributed by atoms with Gasteiger partial charge in [0.25, 0.3) is 5.91 Å². The number of rotatable bonds is 8. The quantitative estimate of drug-likeness (QED) is 0.135. The number of hydrogen-bond donors (Lipinski definition) is 1. The van der Waals surface area contributed by atoms with Crippen LogP contribution in [0.15, 0.2) is 102 Å². The van der Waals surface area contributed by atoms with Crippen molar-refractivity contribution in [1.82, 2.24) is 5.43 Å². The summed E-state index contributed by atoms with van der Waals surface area (Å²) in [6.07, 6.45) is 1.51. The lowest BCUT2D eigenvalue weighted by Gasteiger charge is -2.07. The molecule has 0 aliphatic carbocycles. The first-order valence-electron chi connectivity index (χ1n) is 11.2. The monoisotopic (exact) mass is 498 g/mol. The summed E-state index contributed by atoms with van der Waals surface area (Å²) in [5, 5.41) is 4.67. The second-order valence-corrected chi connectivity index (χ2v) is 8.40. The highest BCUT2D eigenvalue weighted by atomic mass is 35.5. The zero-order valence-electron chi connectivity index (χ0n) is 19.5. The maximum Gasteiger partial charge on any atom is 0.343 e. The predicted octanol–water partition coefficient (Wildman–Crippen LogP) is 6.21. The molecule has 180 valence electrons. The number of esters is 1. The van der Waals surface area contributed by atoms with Gasteiger partial charge in [-0.05, 0) is 90.8 Å². The molecule has 36 heavy (non-hydrogen) atoms. The van der Waals surface area contributed by atoms with Crippen LogP contribution in [0.2, 0.25) is 5.02 Å². The van der Waals surface area contributed by atoms with E-state index < -0.39 is 5.97 Å². The molecule has 0 atom stereocenters. The lowest BCUT2D eigenvalue weighted by atomic mass is 10.1. The number of ether oxygens (including phenoxy) is 2. The minimum absolute atomic E-state index is 0.348. The van der Waals surface area contributed by atoms with Gasteiger partial charge in [0.15, 0.2) is 0 Å². The van der Waals surface area contributed by atoms with E-state index >= 15 is 0 Å². The molecule has 4 rings (SSSR count). The molecule has 0 heterocycles. The molecule has 0 radical (unpaired) electrons. The van der Waals surface area contributed by atoms with Crippen molar-refractivity contribution >= 4 is 29.7 Å². The molecule has 0 saturated heterocycles. The number of aryl methyl sites for hydroxylation is 1. The molecular formula is C29H23ClN2O4. The minimum Gasteiger partial charge on any atom is -0.489 e. The van der Waals surface area contributed by atoms with Crippen LogP contribution in [0, 0.1) is 6.92 Å². The van der Waals surface area contributed by atoms with Gasteiger partial charge >= 0.3 is 5.97 Å². The van der Waals surface area contributed by atoms with Gasteiger partial charge < -0.3 is 9.47 Å². The summed E-state index contributed by atoms with van der Waals surface area (Å²) >= 11 is 5.89. The number of nitrogens with zero attached hydrogens (tertiary/aromatic N) is 1. The largest absolute Gasteiger partial charge is 0.489 e. The van der Waals surface area contributed by atoms with E-state index in [9.17, 15) is 9.59 Å². The van der Waals surface area contributed by atoms with Gasteiger partial charge in [-0.3, -0.25) is 4.79 Å².